The molecule has 0 aliphatic heterocycles. The van der Waals surface area contributed by atoms with Crippen LogP contribution < -0.4 is 0 Å². The molecular formula is C13H16BrNO. The van der Waals surface area contributed by atoms with Crippen LogP contribution in [-0.4, -0.2) is 28.7 Å². The first kappa shape index (κ1) is 11.6. The van der Waals surface area contributed by atoms with Crippen LogP contribution in [0, 0.1) is 0 Å². The smallest absolute Gasteiger partial charge is 0.227 e. The average molecular weight is 282 g/mol. The van der Waals surface area contributed by atoms with Gasteiger partial charge in [0.2, 0.25) is 5.91 Å². The average Bonchev–Trinajstić information content (AvgIpc) is 3.11. The number of rotatable bonds is 5. The molecule has 86 valence electrons. The van der Waals surface area contributed by atoms with E-state index in [1.807, 2.05) is 35.2 Å². The van der Waals surface area contributed by atoms with Crippen molar-refractivity contribution in [3.63, 3.8) is 0 Å². The number of alkyl halides is 1. The molecule has 3 heteroatoms. The Morgan fingerprint density at radius 3 is 2.56 bits per heavy atom. The molecule has 0 N–H and O–H groups in total. The summed E-state index contributed by atoms with van der Waals surface area (Å²) in [5.74, 6) is 0.258. The van der Waals surface area contributed by atoms with Crippen molar-refractivity contribution in [1.29, 1.82) is 0 Å². The van der Waals surface area contributed by atoms with Crippen molar-refractivity contribution in [1.82, 2.24) is 4.90 Å². The predicted octanol–water partition coefficient (Wildman–Crippen LogP) is 2.62. The minimum Gasteiger partial charge on any atom is -0.339 e. The number of halogens is 1. The molecule has 0 aromatic heterocycles. The molecule has 0 unspecified atom stereocenters. The SMILES string of the molecule is O=C(Cc1ccccc1)N(CCBr)C1CC1. The van der Waals surface area contributed by atoms with Gasteiger partial charge in [0.05, 0.1) is 6.42 Å². The lowest BCUT2D eigenvalue weighted by Crippen LogP contribution is -2.35. The minimum atomic E-state index is 0.258. The highest BCUT2D eigenvalue weighted by atomic mass is 79.9. The molecule has 2 nitrogen and oxygen atoms in total. The fraction of sp³-hybridized carbons (Fsp3) is 0.462. The number of carbonyl (C=O) groups excluding carboxylic acids is 1. The summed E-state index contributed by atoms with van der Waals surface area (Å²) < 4.78 is 0. The molecule has 1 aliphatic carbocycles. The van der Waals surface area contributed by atoms with Crippen LogP contribution in [-0.2, 0) is 11.2 Å². The van der Waals surface area contributed by atoms with Gasteiger partial charge in [-0.05, 0) is 18.4 Å². The monoisotopic (exact) mass is 281 g/mol. The molecule has 0 heterocycles. The largest absolute Gasteiger partial charge is 0.339 e. The summed E-state index contributed by atoms with van der Waals surface area (Å²) in [6.45, 7) is 0.830. The first-order valence-corrected chi connectivity index (χ1v) is 6.83. The van der Waals surface area contributed by atoms with Gasteiger partial charge in [0.25, 0.3) is 0 Å². The molecule has 1 fully saturated rings. The van der Waals surface area contributed by atoms with E-state index < -0.39 is 0 Å². The Morgan fingerprint density at radius 1 is 1.31 bits per heavy atom. The van der Waals surface area contributed by atoms with Crippen molar-refractivity contribution in [2.24, 2.45) is 0 Å². The van der Waals surface area contributed by atoms with Crippen molar-refractivity contribution < 1.29 is 4.79 Å². The third kappa shape index (κ3) is 3.08. The van der Waals surface area contributed by atoms with E-state index >= 15 is 0 Å². The van der Waals surface area contributed by atoms with Crippen molar-refractivity contribution >= 4 is 21.8 Å². The van der Waals surface area contributed by atoms with Gasteiger partial charge in [0, 0.05) is 17.9 Å². The number of amides is 1. The molecule has 0 radical (unpaired) electrons. The van der Waals surface area contributed by atoms with Crippen molar-refractivity contribution in [2.45, 2.75) is 25.3 Å². The Bertz CT molecular complexity index is 348. The molecule has 1 aromatic carbocycles. The quantitative estimate of drug-likeness (QED) is 0.760. The summed E-state index contributed by atoms with van der Waals surface area (Å²) in [7, 11) is 0. The summed E-state index contributed by atoms with van der Waals surface area (Å²) in [6, 6.07) is 10.5. The molecule has 0 bridgehead atoms. The topological polar surface area (TPSA) is 20.3 Å². The Kier molecular flexibility index (Phi) is 3.99. The fourth-order valence-electron chi connectivity index (χ4n) is 1.86. The van der Waals surface area contributed by atoms with Gasteiger partial charge >= 0.3 is 0 Å². The summed E-state index contributed by atoms with van der Waals surface area (Å²) >= 11 is 3.41. The second-order valence-electron chi connectivity index (χ2n) is 4.17. The standard InChI is InChI=1S/C13H16BrNO/c14-8-9-15(12-6-7-12)13(16)10-11-4-2-1-3-5-11/h1-5,12H,6-10H2. The van der Waals surface area contributed by atoms with Gasteiger partial charge in [-0.15, -0.1) is 0 Å². The van der Waals surface area contributed by atoms with Crippen LogP contribution >= 0.6 is 15.9 Å². The van der Waals surface area contributed by atoms with E-state index in [1.165, 1.54) is 12.8 Å². The van der Waals surface area contributed by atoms with Gasteiger partial charge in [0.1, 0.15) is 0 Å². The molecule has 1 saturated carbocycles. The van der Waals surface area contributed by atoms with E-state index in [1.54, 1.807) is 0 Å². The summed E-state index contributed by atoms with van der Waals surface area (Å²) in [5, 5.41) is 0.865. The van der Waals surface area contributed by atoms with Gasteiger partial charge in [-0.3, -0.25) is 4.79 Å². The Labute approximate surface area is 105 Å². The van der Waals surface area contributed by atoms with Crippen LogP contribution in [0.1, 0.15) is 18.4 Å². The summed E-state index contributed by atoms with van der Waals surface area (Å²) in [4.78, 5) is 14.1. The van der Waals surface area contributed by atoms with Crippen LogP contribution in [0.3, 0.4) is 0 Å². The third-order valence-electron chi connectivity index (χ3n) is 2.83. The third-order valence-corrected chi connectivity index (χ3v) is 3.19. The lowest BCUT2D eigenvalue weighted by Gasteiger charge is -2.21. The first-order valence-electron chi connectivity index (χ1n) is 5.70. The Balaban J connectivity index is 1.95. The Hall–Kier alpha value is -0.830. The van der Waals surface area contributed by atoms with Crippen molar-refractivity contribution in [3.8, 4) is 0 Å². The minimum absolute atomic E-state index is 0.258. The highest BCUT2D eigenvalue weighted by molar-refractivity contribution is 9.09. The van der Waals surface area contributed by atoms with Gasteiger partial charge < -0.3 is 4.90 Å². The molecule has 0 saturated heterocycles. The van der Waals surface area contributed by atoms with Gasteiger partial charge in [0.15, 0.2) is 0 Å². The van der Waals surface area contributed by atoms with Crippen LogP contribution in [0.5, 0.6) is 0 Å². The number of nitrogens with zero attached hydrogens (tertiary/aromatic N) is 1. The van der Waals surface area contributed by atoms with Crippen LogP contribution in [0.25, 0.3) is 0 Å². The molecular weight excluding hydrogens is 266 g/mol. The highest BCUT2D eigenvalue weighted by Crippen LogP contribution is 2.27. The van der Waals surface area contributed by atoms with E-state index in [2.05, 4.69) is 15.9 Å². The van der Waals surface area contributed by atoms with E-state index in [0.717, 1.165) is 17.4 Å². The van der Waals surface area contributed by atoms with E-state index in [-0.39, 0.29) is 5.91 Å². The zero-order valence-electron chi connectivity index (χ0n) is 9.23. The molecule has 1 amide bonds. The molecule has 0 atom stereocenters. The molecule has 1 aromatic rings. The van der Waals surface area contributed by atoms with Gasteiger partial charge in [-0.25, -0.2) is 0 Å². The van der Waals surface area contributed by atoms with E-state index in [0.29, 0.717) is 12.5 Å². The number of benzene rings is 1. The fourth-order valence-corrected chi connectivity index (χ4v) is 2.24. The van der Waals surface area contributed by atoms with Crippen LogP contribution in [0.2, 0.25) is 0 Å². The lowest BCUT2D eigenvalue weighted by molar-refractivity contribution is -0.130. The van der Waals surface area contributed by atoms with Crippen molar-refractivity contribution in [3.05, 3.63) is 35.9 Å². The van der Waals surface area contributed by atoms with Gasteiger partial charge in [-0.1, -0.05) is 46.3 Å². The molecule has 1 aliphatic rings. The zero-order valence-corrected chi connectivity index (χ0v) is 10.8. The maximum atomic E-state index is 12.1. The normalized spacial score (nSPS) is 14.8. The maximum Gasteiger partial charge on any atom is 0.227 e. The lowest BCUT2D eigenvalue weighted by atomic mass is 10.1. The summed E-state index contributed by atoms with van der Waals surface area (Å²) in [5.41, 5.74) is 1.10. The first-order chi connectivity index (χ1) is 7.81. The zero-order chi connectivity index (χ0) is 11.4. The number of carbonyl (C=O) groups is 1. The van der Waals surface area contributed by atoms with Crippen molar-refractivity contribution in [2.75, 3.05) is 11.9 Å². The Morgan fingerprint density at radius 2 is 2.00 bits per heavy atom. The molecule has 2 rings (SSSR count). The highest BCUT2D eigenvalue weighted by Gasteiger charge is 2.31. The van der Waals surface area contributed by atoms with E-state index in [4.69, 9.17) is 0 Å². The molecule has 0 spiro atoms. The van der Waals surface area contributed by atoms with E-state index in [9.17, 15) is 4.79 Å². The second-order valence-corrected chi connectivity index (χ2v) is 4.96. The maximum absolute atomic E-state index is 12.1. The summed E-state index contributed by atoms with van der Waals surface area (Å²) in [6.07, 6.45) is 2.88. The number of hydrogen-bond donors (Lipinski definition) is 0. The number of hydrogen-bond acceptors (Lipinski definition) is 1. The predicted molar refractivity (Wildman–Crippen MR) is 68.7 cm³/mol. The van der Waals surface area contributed by atoms with Crippen LogP contribution in [0.15, 0.2) is 30.3 Å². The second kappa shape index (κ2) is 5.48. The molecule has 16 heavy (non-hydrogen) atoms. The van der Waals surface area contributed by atoms with Crippen LogP contribution in [0.4, 0.5) is 0 Å². The van der Waals surface area contributed by atoms with Gasteiger partial charge in [-0.2, -0.15) is 0 Å².